The molecule has 25 heavy (non-hydrogen) atoms. The second-order valence-corrected chi connectivity index (χ2v) is 5.61. The molecule has 130 valence electrons. The fourth-order valence-electron chi connectivity index (χ4n) is 2.12. The first-order valence-corrected chi connectivity index (χ1v) is 7.62. The molecule has 0 fully saturated rings. The normalized spacial score (nSPS) is 9.88. The van der Waals surface area contributed by atoms with Crippen LogP contribution in [0.3, 0.4) is 0 Å². The Hall–Kier alpha value is -3.35. The second-order valence-electron chi connectivity index (χ2n) is 5.61. The highest BCUT2D eigenvalue weighted by molar-refractivity contribution is 6.00. The first-order chi connectivity index (χ1) is 11.9. The summed E-state index contributed by atoms with van der Waals surface area (Å²) in [6.07, 6.45) is 0. The lowest BCUT2D eigenvalue weighted by Crippen LogP contribution is -2.41. The molecule has 2 aromatic carbocycles. The van der Waals surface area contributed by atoms with E-state index in [1.807, 2.05) is 25.1 Å². The van der Waals surface area contributed by atoms with Crippen LogP contribution in [-0.4, -0.2) is 31.8 Å². The molecule has 0 unspecified atom stereocenters. The highest BCUT2D eigenvalue weighted by Gasteiger charge is 2.10. The van der Waals surface area contributed by atoms with Gasteiger partial charge in [-0.1, -0.05) is 12.1 Å². The van der Waals surface area contributed by atoms with Crippen molar-refractivity contribution in [3.63, 3.8) is 0 Å². The molecule has 0 radical (unpaired) electrons. The van der Waals surface area contributed by atoms with Crippen LogP contribution in [-0.2, 0) is 4.79 Å². The minimum atomic E-state index is -0.482. The van der Waals surface area contributed by atoms with E-state index in [1.165, 1.54) is 13.0 Å². The molecular weight excluding hydrogens is 320 g/mol. The van der Waals surface area contributed by atoms with Crippen LogP contribution in [0.1, 0.15) is 27.6 Å². The molecule has 0 heterocycles. The number of anilines is 2. The van der Waals surface area contributed by atoms with Crippen molar-refractivity contribution in [3.05, 3.63) is 59.7 Å². The third-order valence-electron chi connectivity index (χ3n) is 3.36. The van der Waals surface area contributed by atoms with Gasteiger partial charge >= 0.3 is 0 Å². The largest absolute Gasteiger partial charge is 0.378 e. The molecule has 2 rings (SSSR count). The number of hydrazine groups is 1. The van der Waals surface area contributed by atoms with Gasteiger partial charge in [-0.05, 0) is 36.4 Å². The number of benzene rings is 2. The summed E-state index contributed by atoms with van der Waals surface area (Å²) < 4.78 is 0. The van der Waals surface area contributed by atoms with Gasteiger partial charge in [-0.15, -0.1) is 0 Å². The molecule has 0 bridgehead atoms. The summed E-state index contributed by atoms with van der Waals surface area (Å²) in [7, 11) is 3.75. The molecule has 0 aliphatic heterocycles. The molecule has 2 aromatic rings. The van der Waals surface area contributed by atoms with Crippen LogP contribution in [0.4, 0.5) is 11.4 Å². The van der Waals surface area contributed by atoms with Crippen LogP contribution in [0.5, 0.6) is 0 Å². The Morgan fingerprint density at radius 3 is 1.96 bits per heavy atom. The molecule has 7 nitrogen and oxygen atoms in total. The number of nitrogens with one attached hydrogen (secondary N) is 3. The van der Waals surface area contributed by atoms with Crippen molar-refractivity contribution >= 4 is 29.1 Å². The van der Waals surface area contributed by atoms with Crippen LogP contribution >= 0.6 is 0 Å². The maximum atomic E-state index is 12.2. The smallest absolute Gasteiger partial charge is 0.269 e. The van der Waals surface area contributed by atoms with Crippen molar-refractivity contribution in [1.29, 1.82) is 0 Å². The molecule has 0 aromatic heterocycles. The van der Waals surface area contributed by atoms with E-state index in [2.05, 4.69) is 16.2 Å². The Kier molecular flexibility index (Phi) is 5.73. The van der Waals surface area contributed by atoms with Gasteiger partial charge in [0.1, 0.15) is 0 Å². The van der Waals surface area contributed by atoms with E-state index in [1.54, 1.807) is 36.4 Å². The molecule has 7 heteroatoms. The van der Waals surface area contributed by atoms with E-state index < -0.39 is 11.8 Å². The lowest BCUT2D eigenvalue weighted by Gasteiger charge is -2.14. The second kappa shape index (κ2) is 7.96. The van der Waals surface area contributed by atoms with Gasteiger partial charge < -0.3 is 10.2 Å². The van der Waals surface area contributed by atoms with Gasteiger partial charge in [0.15, 0.2) is 0 Å². The molecule has 0 saturated heterocycles. The number of carbonyl (C=O) groups excluding carboxylic acids is 3. The maximum Gasteiger partial charge on any atom is 0.269 e. The lowest BCUT2D eigenvalue weighted by atomic mass is 10.2. The van der Waals surface area contributed by atoms with E-state index in [4.69, 9.17) is 0 Å². The maximum absolute atomic E-state index is 12.2. The first-order valence-electron chi connectivity index (χ1n) is 7.62. The number of hydrogen-bond acceptors (Lipinski definition) is 4. The van der Waals surface area contributed by atoms with Crippen molar-refractivity contribution < 1.29 is 14.4 Å². The fourth-order valence-corrected chi connectivity index (χ4v) is 2.12. The summed E-state index contributed by atoms with van der Waals surface area (Å²) in [5.41, 5.74) is 6.87. The summed E-state index contributed by atoms with van der Waals surface area (Å²) >= 11 is 0. The predicted octanol–water partition coefficient (Wildman–Crippen LogP) is 1.79. The van der Waals surface area contributed by atoms with Gasteiger partial charge in [-0.25, -0.2) is 0 Å². The van der Waals surface area contributed by atoms with Gasteiger partial charge in [-0.2, -0.15) is 0 Å². The van der Waals surface area contributed by atoms with Crippen molar-refractivity contribution in [2.75, 3.05) is 24.3 Å². The zero-order chi connectivity index (χ0) is 18.4. The van der Waals surface area contributed by atoms with Crippen LogP contribution < -0.4 is 21.1 Å². The van der Waals surface area contributed by atoms with Crippen LogP contribution in [0.2, 0.25) is 0 Å². The summed E-state index contributed by atoms with van der Waals surface area (Å²) in [5, 5.41) is 2.60. The van der Waals surface area contributed by atoms with E-state index in [0.717, 1.165) is 5.69 Å². The minimum Gasteiger partial charge on any atom is -0.378 e. The highest BCUT2D eigenvalue weighted by Crippen LogP contribution is 2.13. The zero-order valence-corrected chi connectivity index (χ0v) is 14.3. The summed E-state index contributed by atoms with van der Waals surface area (Å²) in [6, 6.07) is 13.4. The number of carbonyl (C=O) groups is 3. The van der Waals surface area contributed by atoms with Gasteiger partial charge in [0.05, 0.1) is 0 Å². The first kappa shape index (κ1) is 18.0. The number of hydrogen-bond donors (Lipinski definition) is 3. The molecule has 0 aliphatic rings. The Balaban J connectivity index is 2.01. The molecule has 0 saturated carbocycles. The number of rotatable bonds is 4. The van der Waals surface area contributed by atoms with E-state index in [-0.39, 0.29) is 5.91 Å². The molecule has 0 aliphatic carbocycles. The molecule has 3 amide bonds. The standard InChI is InChI=1S/C18H20N4O3/c1-12(23)19-15-8-4-6-13(10-15)17(24)20-21-18(25)14-7-5-9-16(11-14)22(2)3/h4-11H,1-3H3,(H,19,23)(H,20,24)(H,21,25). The monoisotopic (exact) mass is 340 g/mol. The van der Waals surface area contributed by atoms with Gasteiger partial charge in [0.25, 0.3) is 11.8 Å². The third-order valence-corrected chi connectivity index (χ3v) is 3.36. The zero-order valence-electron chi connectivity index (χ0n) is 14.3. The molecule has 0 atom stereocenters. The lowest BCUT2D eigenvalue weighted by molar-refractivity contribution is -0.114. The van der Waals surface area contributed by atoms with Crippen molar-refractivity contribution in [3.8, 4) is 0 Å². The highest BCUT2D eigenvalue weighted by atomic mass is 16.2. The minimum absolute atomic E-state index is 0.230. The average Bonchev–Trinajstić information content (AvgIpc) is 2.59. The van der Waals surface area contributed by atoms with Crippen LogP contribution in [0.25, 0.3) is 0 Å². The third kappa shape index (κ3) is 5.07. The van der Waals surface area contributed by atoms with E-state index in [0.29, 0.717) is 16.8 Å². The van der Waals surface area contributed by atoms with Crippen LogP contribution in [0.15, 0.2) is 48.5 Å². The summed E-state index contributed by atoms with van der Waals surface area (Å²) in [5.74, 6) is -1.13. The van der Waals surface area contributed by atoms with Crippen molar-refractivity contribution in [2.24, 2.45) is 0 Å². The van der Waals surface area contributed by atoms with Gasteiger partial charge in [0, 0.05) is 43.5 Å². The van der Waals surface area contributed by atoms with E-state index >= 15 is 0 Å². The van der Waals surface area contributed by atoms with E-state index in [9.17, 15) is 14.4 Å². The Labute approximate surface area is 146 Å². The van der Waals surface area contributed by atoms with Gasteiger partial charge in [-0.3, -0.25) is 25.2 Å². The quantitative estimate of drug-likeness (QED) is 0.740. The molecular formula is C18H20N4O3. The predicted molar refractivity (Wildman–Crippen MR) is 96.4 cm³/mol. The number of nitrogens with zero attached hydrogens (tertiary/aromatic N) is 1. The summed E-state index contributed by atoms with van der Waals surface area (Å²) in [4.78, 5) is 37.3. The Morgan fingerprint density at radius 1 is 0.840 bits per heavy atom. The van der Waals surface area contributed by atoms with Crippen molar-refractivity contribution in [1.82, 2.24) is 10.9 Å². The Bertz CT molecular complexity index is 802. The number of amides is 3. The topological polar surface area (TPSA) is 90.5 Å². The average molecular weight is 340 g/mol. The van der Waals surface area contributed by atoms with Crippen LogP contribution in [0, 0.1) is 0 Å². The molecule has 0 spiro atoms. The van der Waals surface area contributed by atoms with Crippen molar-refractivity contribution in [2.45, 2.75) is 6.92 Å². The summed E-state index contributed by atoms with van der Waals surface area (Å²) in [6.45, 7) is 1.38. The van der Waals surface area contributed by atoms with Gasteiger partial charge in [0.2, 0.25) is 5.91 Å². The SMILES string of the molecule is CC(=O)Nc1cccc(C(=O)NNC(=O)c2cccc(N(C)C)c2)c1. The molecule has 3 N–H and O–H groups in total. The Morgan fingerprint density at radius 2 is 1.40 bits per heavy atom. The fraction of sp³-hybridized carbons (Fsp3) is 0.167.